The van der Waals surface area contributed by atoms with Gasteiger partial charge in [-0.3, -0.25) is 4.79 Å². The van der Waals surface area contributed by atoms with E-state index >= 15 is 0 Å². The second-order valence-electron chi connectivity index (χ2n) is 4.15. The van der Waals surface area contributed by atoms with Crippen LogP contribution in [0.15, 0.2) is 18.2 Å². The molecule has 0 fully saturated rings. The molecule has 0 saturated carbocycles. The van der Waals surface area contributed by atoms with E-state index in [1.165, 1.54) is 11.8 Å². The highest BCUT2D eigenvalue weighted by molar-refractivity contribution is 7.98. The molecule has 7 heteroatoms. The molecular weight excluding hydrogens is 288 g/mol. The summed E-state index contributed by atoms with van der Waals surface area (Å²) in [5.41, 5.74) is -0.100. The van der Waals surface area contributed by atoms with Gasteiger partial charge in [-0.25, -0.2) is 13.6 Å². The number of carbonyl (C=O) groups excluding carboxylic acids is 1. The molecule has 4 nitrogen and oxygen atoms in total. The number of hydrogen-bond donors (Lipinski definition) is 2. The Morgan fingerprint density at radius 1 is 1.40 bits per heavy atom. The lowest BCUT2D eigenvalue weighted by Gasteiger charge is -2.14. The van der Waals surface area contributed by atoms with Gasteiger partial charge in [-0.1, -0.05) is 0 Å². The second-order valence-corrected chi connectivity index (χ2v) is 5.14. The fourth-order valence-electron chi connectivity index (χ4n) is 1.59. The number of aliphatic carboxylic acids is 1. The van der Waals surface area contributed by atoms with Crippen LogP contribution in [0.1, 0.15) is 12.0 Å². The number of carboxylic acids is 1. The Balaban J connectivity index is 2.65. The van der Waals surface area contributed by atoms with Crippen molar-refractivity contribution in [3.8, 4) is 0 Å². The number of benzene rings is 1. The molecular formula is C13H15F2NO3S. The summed E-state index contributed by atoms with van der Waals surface area (Å²) >= 11 is 1.46. The molecule has 20 heavy (non-hydrogen) atoms. The van der Waals surface area contributed by atoms with E-state index in [0.717, 1.165) is 18.2 Å². The minimum atomic E-state index is -1.15. The van der Waals surface area contributed by atoms with Crippen LogP contribution >= 0.6 is 11.8 Å². The van der Waals surface area contributed by atoms with Crippen LogP contribution in [0.2, 0.25) is 0 Å². The summed E-state index contributed by atoms with van der Waals surface area (Å²) in [6.07, 6.45) is 1.70. The molecule has 0 radical (unpaired) electrons. The molecule has 0 unspecified atom stereocenters. The predicted molar refractivity (Wildman–Crippen MR) is 72.6 cm³/mol. The standard InChI is InChI=1S/C13H15F2NO3S/c1-20-5-4-11(13(18)19)16-12(17)7-8-6-9(14)2-3-10(8)15/h2-3,6,11H,4-5,7H2,1H3,(H,16,17)(H,18,19)/t11-/m1/s1. The van der Waals surface area contributed by atoms with Crippen molar-refractivity contribution >= 4 is 23.6 Å². The molecule has 0 aliphatic rings. The van der Waals surface area contributed by atoms with Gasteiger partial charge in [0.25, 0.3) is 0 Å². The van der Waals surface area contributed by atoms with Crippen LogP contribution in [-0.2, 0) is 16.0 Å². The fraction of sp³-hybridized carbons (Fsp3) is 0.385. The summed E-state index contributed by atoms with van der Waals surface area (Å²) in [6.45, 7) is 0. The molecule has 0 aliphatic carbocycles. The summed E-state index contributed by atoms with van der Waals surface area (Å²) in [4.78, 5) is 22.6. The van der Waals surface area contributed by atoms with Gasteiger partial charge in [-0.2, -0.15) is 11.8 Å². The average molecular weight is 303 g/mol. The Hall–Kier alpha value is -1.63. The lowest BCUT2D eigenvalue weighted by molar-refractivity contribution is -0.141. The van der Waals surface area contributed by atoms with Crippen molar-refractivity contribution in [2.45, 2.75) is 18.9 Å². The van der Waals surface area contributed by atoms with Gasteiger partial charge < -0.3 is 10.4 Å². The van der Waals surface area contributed by atoms with E-state index in [1.807, 2.05) is 6.26 Å². The van der Waals surface area contributed by atoms with E-state index in [4.69, 9.17) is 5.11 Å². The van der Waals surface area contributed by atoms with Crippen LogP contribution in [0.25, 0.3) is 0 Å². The number of nitrogens with one attached hydrogen (secondary N) is 1. The Bertz CT molecular complexity index is 497. The molecule has 0 saturated heterocycles. The first kappa shape index (κ1) is 16.4. The zero-order valence-electron chi connectivity index (χ0n) is 10.9. The summed E-state index contributed by atoms with van der Waals surface area (Å²) in [5.74, 6) is -2.56. The smallest absolute Gasteiger partial charge is 0.326 e. The van der Waals surface area contributed by atoms with Crippen molar-refractivity contribution in [1.82, 2.24) is 5.32 Å². The van der Waals surface area contributed by atoms with Gasteiger partial charge in [0.15, 0.2) is 0 Å². The average Bonchev–Trinajstić information content (AvgIpc) is 2.38. The lowest BCUT2D eigenvalue weighted by Crippen LogP contribution is -2.42. The van der Waals surface area contributed by atoms with Crippen LogP contribution in [0, 0.1) is 11.6 Å². The molecule has 2 N–H and O–H groups in total. The van der Waals surface area contributed by atoms with Crippen LogP contribution in [0.5, 0.6) is 0 Å². The minimum absolute atomic E-state index is 0.100. The number of hydrogen-bond acceptors (Lipinski definition) is 3. The number of carbonyl (C=O) groups is 2. The van der Waals surface area contributed by atoms with Crippen LogP contribution in [0.3, 0.4) is 0 Å². The summed E-state index contributed by atoms with van der Waals surface area (Å²) in [5, 5.41) is 11.3. The van der Waals surface area contributed by atoms with E-state index < -0.39 is 36.0 Å². The second kappa shape index (κ2) is 7.84. The molecule has 0 aliphatic heterocycles. The van der Waals surface area contributed by atoms with E-state index in [2.05, 4.69) is 5.32 Å². The topological polar surface area (TPSA) is 66.4 Å². The molecule has 0 bridgehead atoms. The Morgan fingerprint density at radius 3 is 2.70 bits per heavy atom. The van der Waals surface area contributed by atoms with Gasteiger partial charge in [-0.15, -0.1) is 0 Å². The molecule has 0 aromatic heterocycles. The van der Waals surface area contributed by atoms with Gasteiger partial charge in [0.2, 0.25) is 5.91 Å². The highest BCUT2D eigenvalue weighted by Crippen LogP contribution is 2.10. The summed E-state index contributed by atoms with van der Waals surface area (Å²) in [7, 11) is 0. The first-order valence-electron chi connectivity index (χ1n) is 5.89. The highest BCUT2D eigenvalue weighted by Gasteiger charge is 2.20. The number of amides is 1. The zero-order chi connectivity index (χ0) is 15.1. The van der Waals surface area contributed by atoms with Crippen molar-refractivity contribution in [2.24, 2.45) is 0 Å². The first-order valence-corrected chi connectivity index (χ1v) is 7.28. The molecule has 0 spiro atoms. The molecule has 110 valence electrons. The molecule has 1 aromatic rings. The monoisotopic (exact) mass is 303 g/mol. The normalized spacial score (nSPS) is 11.9. The van der Waals surface area contributed by atoms with Crippen molar-refractivity contribution in [3.63, 3.8) is 0 Å². The fourth-order valence-corrected chi connectivity index (χ4v) is 2.06. The van der Waals surface area contributed by atoms with Gasteiger partial charge in [0, 0.05) is 5.56 Å². The minimum Gasteiger partial charge on any atom is -0.480 e. The van der Waals surface area contributed by atoms with Crippen molar-refractivity contribution in [2.75, 3.05) is 12.0 Å². The highest BCUT2D eigenvalue weighted by atomic mass is 32.2. The Labute approximate surface area is 119 Å². The van der Waals surface area contributed by atoms with Crippen molar-refractivity contribution < 1.29 is 23.5 Å². The summed E-state index contributed by atoms with van der Waals surface area (Å²) < 4.78 is 26.3. The molecule has 1 amide bonds. The molecule has 1 atom stereocenters. The first-order chi connectivity index (χ1) is 9.43. The lowest BCUT2D eigenvalue weighted by atomic mass is 10.1. The van der Waals surface area contributed by atoms with E-state index in [1.54, 1.807) is 0 Å². The maximum Gasteiger partial charge on any atom is 0.326 e. The molecule has 1 aromatic carbocycles. The van der Waals surface area contributed by atoms with Crippen molar-refractivity contribution in [3.05, 3.63) is 35.4 Å². The number of halogens is 2. The van der Waals surface area contributed by atoms with Crippen LogP contribution in [-0.4, -0.2) is 35.0 Å². The SMILES string of the molecule is CSCC[C@@H](NC(=O)Cc1cc(F)ccc1F)C(=O)O. The number of carboxylic acid groups (broad SMARTS) is 1. The zero-order valence-corrected chi connectivity index (χ0v) is 11.7. The Morgan fingerprint density at radius 2 is 2.10 bits per heavy atom. The number of thioether (sulfide) groups is 1. The van der Waals surface area contributed by atoms with Gasteiger partial charge in [0.1, 0.15) is 17.7 Å². The van der Waals surface area contributed by atoms with E-state index in [9.17, 15) is 18.4 Å². The van der Waals surface area contributed by atoms with E-state index in [0.29, 0.717) is 5.75 Å². The molecule has 1 rings (SSSR count). The van der Waals surface area contributed by atoms with Gasteiger partial charge >= 0.3 is 5.97 Å². The quantitative estimate of drug-likeness (QED) is 0.806. The maximum atomic E-state index is 13.4. The van der Waals surface area contributed by atoms with Gasteiger partial charge in [-0.05, 0) is 36.6 Å². The van der Waals surface area contributed by atoms with Crippen LogP contribution in [0.4, 0.5) is 8.78 Å². The van der Waals surface area contributed by atoms with Crippen molar-refractivity contribution in [1.29, 1.82) is 0 Å². The van der Waals surface area contributed by atoms with Gasteiger partial charge in [0.05, 0.1) is 6.42 Å². The third-order valence-electron chi connectivity index (χ3n) is 2.60. The third kappa shape index (κ3) is 5.16. The predicted octanol–water partition coefficient (Wildman–Crippen LogP) is 1.83. The van der Waals surface area contributed by atoms with Crippen LogP contribution < -0.4 is 5.32 Å². The molecule has 0 heterocycles. The summed E-state index contributed by atoms with van der Waals surface area (Å²) in [6, 6.07) is 1.79. The largest absolute Gasteiger partial charge is 0.480 e. The van der Waals surface area contributed by atoms with E-state index in [-0.39, 0.29) is 12.0 Å². The third-order valence-corrected chi connectivity index (χ3v) is 3.25. The maximum absolute atomic E-state index is 13.4. The number of rotatable bonds is 7. The Kier molecular flexibility index (Phi) is 6.44.